The van der Waals surface area contributed by atoms with Crippen molar-refractivity contribution in [3.05, 3.63) is 16.6 Å². The van der Waals surface area contributed by atoms with Crippen molar-refractivity contribution in [3.63, 3.8) is 0 Å². The zero-order valence-corrected chi connectivity index (χ0v) is 14.7. The number of halogens is 1. The molecule has 2 atom stereocenters. The zero-order chi connectivity index (χ0) is 15.7. The van der Waals surface area contributed by atoms with Gasteiger partial charge in [-0.25, -0.2) is 13.1 Å². The molecule has 3 rings (SSSR count). The number of fused-ring (bicyclic) bond motifs is 1. The lowest BCUT2D eigenvalue weighted by Gasteiger charge is -2.30. The molecule has 0 saturated carbocycles. The molecule has 8 heteroatoms. The van der Waals surface area contributed by atoms with Crippen LogP contribution in [0.25, 0.3) is 0 Å². The van der Waals surface area contributed by atoms with Crippen molar-refractivity contribution in [1.29, 1.82) is 0 Å². The highest BCUT2D eigenvalue weighted by Gasteiger charge is 2.29. The lowest BCUT2D eigenvalue weighted by Crippen LogP contribution is -2.48. The summed E-state index contributed by atoms with van der Waals surface area (Å²) in [7, 11) is -3.62. The number of hydrogen-bond acceptors (Lipinski definition) is 5. The van der Waals surface area contributed by atoms with Crippen molar-refractivity contribution < 1.29 is 17.9 Å². The summed E-state index contributed by atoms with van der Waals surface area (Å²) in [5.41, 5.74) is 0. The van der Waals surface area contributed by atoms with Gasteiger partial charge in [-0.1, -0.05) is 6.92 Å². The average molecular weight is 391 g/mol. The van der Waals surface area contributed by atoms with E-state index < -0.39 is 10.0 Å². The lowest BCUT2D eigenvalue weighted by molar-refractivity contribution is 0.171. The number of benzene rings is 1. The number of ether oxygens (including phenoxy) is 2. The minimum Gasteiger partial charge on any atom is -0.486 e. The maximum Gasteiger partial charge on any atom is 0.242 e. The van der Waals surface area contributed by atoms with E-state index in [0.29, 0.717) is 29.2 Å². The van der Waals surface area contributed by atoms with Crippen LogP contribution in [0, 0.1) is 5.92 Å². The third-order valence-corrected chi connectivity index (χ3v) is 6.43. The van der Waals surface area contributed by atoms with E-state index in [4.69, 9.17) is 9.47 Å². The van der Waals surface area contributed by atoms with Gasteiger partial charge in [0.25, 0.3) is 0 Å². The van der Waals surface area contributed by atoms with Crippen LogP contribution in [0.4, 0.5) is 0 Å². The van der Waals surface area contributed by atoms with Gasteiger partial charge in [0.1, 0.15) is 18.1 Å². The van der Waals surface area contributed by atoms with Gasteiger partial charge in [0, 0.05) is 16.6 Å². The van der Waals surface area contributed by atoms with Crippen LogP contribution in [0.2, 0.25) is 0 Å². The molecule has 2 heterocycles. The van der Waals surface area contributed by atoms with Crippen molar-refractivity contribution in [3.8, 4) is 11.5 Å². The number of piperidine rings is 1. The highest BCUT2D eigenvalue weighted by Crippen LogP contribution is 2.37. The molecular weight excluding hydrogens is 372 g/mol. The summed E-state index contributed by atoms with van der Waals surface area (Å²) >= 11 is 3.32. The Bertz CT molecular complexity index is 665. The standard InChI is InChI=1S/C14H19BrN2O4S/c1-9-8-16-3-2-11(9)17-22(18,19)14-7-13-12(6-10(14)15)20-4-5-21-13/h6-7,9,11,16-17H,2-5,8H2,1H3. The smallest absolute Gasteiger partial charge is 0.242 e. The maximum atomic E-state index is 12.7. The van der Waals surface area contributed by atoms with E-state index in [9.17, 15) is 8.42 Å². The molecule has 1 saturated heterocycles. The second-order valence-corrected chi connectivity index (χ2v) is 8.16. The molecule has 1 fully saturated rings. The lowest BCUT2D eigenvalue weighted by atomic mass is 9.97. The molecule has 2 aliphatic rings. The average Bonchev–Trinajstić information content (AvgIpc) is 2.48. The minimum atomic E-state index is -3.62. The third-order valence-electron chi connectivity index (χ3n) is 3.98. The van der Waals surface area contributed by atoms with Crippen molar-refractivity contribution in [1.82, 2.24) is 10.0 Å². The summed E-state index contributed by atoms with van der Waals surface area (Å²) in [4.78, 5) is 0.183. The summed E-state index contributed by atoms with van der Waals surface area (Å²) in [5, 5.41) is 3.26. The first-order chi connectivity index (χ1) is 10.5. The zero-order valence-electron chi connectivity index (χ0n) is 12.3. The fourth-order valence-electron chi connectivity index (χ4n) is 2.70. The van der Waals surface area contributed by atoms with Crippen LogP contribution >= 0.6 is 15.9 Å². The van der Waals surface area contributed by atoms with E-state index in [-0.39, 0.29) is 16.9 Å². The molecule has 0 radical (unpaired) electrons. The number of rotatable bonds is 3. The predicted molar refractivity (Wildman–Crippen MR) is 85.9 cm³/mol. The highest BCUT2D eigenvalue weighted by atomic mass is 79.9. The van der Waals surface area contributed by atoms with Crippen LogP contribution in [0.3, 0.4) is 0 Å². The van der Waals surface area contributed by atoms with E-state index in [0.717, 1.165) is 19.5 Å². The molecule has 2 unspecified atom stereocenters. The number of nitrogens with one attached hydrogen (secondary N) is 2. The van der Waals surface area contributed by atoms with Crippen molar-refractivity contribution in [2.24, 2.45) is 5.92 Å². The number of sulfonamides is 1. The van der Waals surface area contributed by atoms with Gasteiger partial charge in [-0.15, -0.1) is 0 Å². The fourth-order valence-corrected chi connectivity index (χ4v) is 5.12. The summed E-state index contributed by atoms with van der Waals surface area (Å²) < 4.78 is 39.6. The van der Waals surface area contributed by atoms with E-state index >= 15 is 0 Å². The van der Waals surface area contributed by atoms with Gasteiger partial charge in [0.05, 0.1) is 0 Å². The molecule has 1 aromatic rings. The molecule has 22 heavy (non-hydrogen) atoms. The Labute approximate surface area is 138 Å². The molecule has 1 aromatic carbocycles. The molecule has 0 aromatic heterocycles. The first-order valence-corrected chi connectivity index (χ1v) is 9.57. The topological polar surface area (TPSA) is 76.7 Å². The maximum absolute atomic E-state index is 12.7. The van der Waals surface area contributed by atoms with Crippen LogP contribution in [0.15, 0.2) is 21.5 Å². The Hall–Kier alpha value is -0.830. The van der Waals surface area contributed by atoms with E-state index in [1.807, 2.05) is 6.92 Å². The Morgan fingerprint density at radius 3 is 2.64 bits per heavy atom. The summed E-state index contributed by atoms with van der Waals surface area (Å²) in [6.07, 6.45) is 0.780. The predicted octanol–water partition coefficient (Wildman–Crippen LogP) is 1.50. The summed E-state index contributed by atoms with van der Waals surface area (Å²) in [5.74, 6) is 1.28. The van der Waals surface area contributed by atoms with Crippen molar-refractivity contribution >= 4 is 26.0 Å². The van der Waals surface area contributed by atoms with Gasteiger partial charge < -0.3 is 14.8 Å². The van der Waals surface area contributed by atoms with Gasteiger partial charge in [0.2, 0.25) is 10.0 Å². The molecule has 0 aliphatic carbocycles. The Kier molecular flexibility index (Phi) is 4.63. The molecular formula is C14H19BrN2O4S. The Balaban J connectivity index is 1.88. The summed E-state index contributed by atoms with van der Waals surface area (Å²) in [6, 6.07) is 3.10. The van der Waals surface area contributed by atoms with Crippen LogP contribution < -0.4 is 19.5 Å². The first-order valence-electron chi connectivity index (χ1n) is 7.29. The second-order valence-electron chi connectivity index (χ2n) is 5.62. The molecule has 2 aliphatic heterocycles. The Morgan fingerprint density at radius 1 is 1.27 bits per heavy atom. The SMILES string of the molecule is CC1CNCCC1NS(=O)(=O)c1cc2c(cc1Br)OCCO2. The van der Waals surface area contributed by atoms with Crippen LogP contribution in [-0.2, 0) is 10.0 Å². The van der Waals surface area contributed by atoms with Crippen molar-refractivity contribution in [2.75, 3.05) is 26.3 Å². The summed E-state index contributed by atoms with van der Waals surface area (Å²) in [6.45, 7) is 4.57. The van der Waals surface area contributed by atoms with Crippen LogP contribution in [0.1, 0.15) is 13.3 Å². The molecule has 2 N–H and O–H groups in total. The van der Waals surface area contributed by atoms with Crippen LogP contribution in [-0.4, -0.2) is 40.8 Å². The van der Waals surface area contributed by atoms with E-state index in [1.165, 1.54) is 6.07 Å². The van der Waals surface area contributed by atoms with Gasteiger partial charge in [-0.05, 0) is 47.4 Å². The van der Waals surface area contributed by atoms with Gasteiger partial charge >= 0.3 is 0 Å². The fraction of sp³-hybridized carbons (Fsp3) is 0.571. The first kappa shape index (κ1) is 16.0. The van der Waals surface area contributed by atoms with Gasteiger partial charge in [0.15, 0.2) is 11.5 Å². The molecule has 0 bridgehead atoms. The highest BCUT2D eigenvalue weighted by molar-refractivity contribution is 9.10. The van der Waals surface area contributed by atoms with Gasteiger partial charge in [-0.2, -0.15) is 0 Å². The van der Waals surface area contributed by atoms with Crippen molar-refractivity contribution in [2.45, 2.75) is 24.3 Å². The van der Waals surface area contributed by atoms with Crippen LogP contribution in [0.5, 0.6) is 11.5 Å². The van der Waals surface area contributed by atoms with E-state index in [2.05, 4.69) is 26.0 Å². The van der Waals surface area contributed by atoms with Gasteiger partial charge in [-0.3, -0.25) is 0 Å². The monoisotopic (exact) mass is 390 g/mol. The molecule has 0 amide bonds. The second kappa shape index (κ2) is 6.35. The van der Waals surface area contributed by atoms with E-state index in [1.54, 1.807) is 6.07 Å². The number of hydrogen-bond donors (Lipinski definition) is 2. The molecule has 0 spiro atoms. The normalized spacial score (nSPS) is 25.0. The minimum absolute atomic E-state index is 0.0636. The molecule has 122 valence electrons. The molecule has 6 nitrogen and oxygen atoms in total. The quantitative estimate of drug-likeness (QED) is 0.817. The third kappa shape index (κ3) is 3.24. The largest absolute Gasteiger partial charge is 0.486 e. The Morgan fingerprint density at radius 2 is 1.95 bits per heavy atom.